The van der Waals surface area contributed by atoms with Crippen LogP contribution in [0.2, 0.25) is 0 Å². The number of rotatable bonds is 3. The third-order valence-electron chi connectivity index (χ3n) is 1.00. The Labute approximate surface area is 77.8 Å². The quantitative estimate of drug-likeness (QED) is 0.418. The minimum atomic E-state index is -0.299. The third-order valence-corrected chi connectivity index (χ3v) is 2.10. The van der Waals surface area contributed by atoms with Crippen LogP contribution in [0.3, 0.4) is 0 Å². The topological polar surface area (TPSA) is 32.6 Å². The van der Waals surface area contributed by atoms with Crippen LogP contribution < -0.4 is 0 Å². The Hall–Kier alpha value is -0.200. The zero-order valence-electron chi connectivity index (χ0n) is 6.07. The average Bonchev–Trinajstić information content (AvgIpc) is 2.65. The monoisotopic (exact) mass is 238 g/mol. The van der Waals surface area contributed by atoms with E-state index in [2.05, 4.69) is 20.9 Å². The maximum Gasteiger partial charge on any atom is 0.357 e. The molecule has 1 aliphatic heterocycles. The summed E-state index contributed by atoms with van der Waals surface area (Å²) >= 11 is 4.54. The van der Waals surface area contributed by atoms with Crippen molar-refractivity contribution in [2.75, 3.05) is 14.2 Å². The fourth-order valence-electron chi connectivity index (χ4n) is 0.518. The number of ether oxygens (including phenoxy) is 1. The summed E-state index contributed by atoms with van der Waals surface area (Å²) in [5, 5.41) is 0. The van der Waals surface area contributed by atoms with E-state index < -0.39 is 0 Å². The van der Waals surface area contributed by atoms with Crippen LogP contribution in [0.1, 0.15) is 0 Å². The van der Waals surface area contributed by atoms with Crippen molar-refractivity contribution in [3.63, 3.8) is 0 Å². The summed E-state index contributed by atoms with van der Waals surface area (Å²) in [6.07, 6.45) is 1.70. The molecule has 0 aromatic heterocycles. The van der Waals surface area contributed by atoms with Crippen LogP contribution >= 0.6 is 28.3 Å². The van der Waals surface area contributed by atoms with E-state index in [4.69, 9.17) is 0 Å². The summed E-state index contributed by atoms with van der Waals surface area (Å²) in [5.74, 6) is -0.299. The first-order chi connectivity index (χ1) is 5.15. The van der Waals surface area contributed by atoms with Gasteiger partial charge in [-0.15, -0.1) is 0 Å². The first-order valence-electron chi connectivity index (χ1n) is 2.82. The molecule has 0 bridgehead atoms. The van der Waals surface area contributed by atoms with E-state index >= 15 is 0 Å². The van der Waals surface area contributed by atoms with Crippen molar-refractivity contribution >= 4 is 34.3 Å². The molecule has 0 radical (unpaired) electrons. The van der Waals surface area contributed by atoms with Gasteiger partial charge in [0, 0.05) is 23.2 Å². The summed E-state index contributed by atoms with van der Waals surface area (Å²) in [4.78, 5) is 10.8. The number of hydrogen-bond acceptors (Lipinski definition) is 5. The Morgan fingerprint density at radius 1 is 1.91 bits per heavy atom. The van der Waals surface area contributed by atoms with Gasteiger partial charge in [0.1, 0.15) is 0 Å². The molecular weight excluding hydrogens is 232 g/mol. The van der Waals surface area contributed by atoms with E-state index in [1.807, 2.05) is 7.05 Å². The van der Waals surface area contributed by atoms with Crippen LogP contribution in [-0.2, 0) is 9.53 Å². The van der Waals surface area contributed by atoms with Crippen molar-refractivity contribution < 1.29 is 9.53 Å². The fourth-order valence-corrected chi connectivity index (χ4v) is 1.49. The summed E-state index contributed by atoms with van der Waals surface area (Å²) in [5.41, 5.74) is 0.587. The third kappa shape index (κ3) is 2.39. The summed E-state index contributed by atoms with van der Waals surface area (Å²) in [6.45, 7) is 0. The maximum atomic E-state index is 10.8. The van der Waals surface area contributed by atoms with Crippen molar-refractivity contribution in [2.24, 2.45) is 0 Å². The van der Waals surface area contributed by atoms with Gasteiger partial charge in [0.25, 0.3) is 0 Å². The van der Waals surface area contributed by atoms with Gasteiger partial charge in [-0.25, -0.2) is 4.79 Å². The molecular formula is C5H7BrN2O2S. The number of carbonyl (C=O) groups is 1. The molecule has 0 aliphatic carbocycles. The van der Waals surface area contributed by atoms with Crippen LogP contribution in [0.15, 0.2) is 11.9 Å². The molecule has 6 heteroatoms. The zero-order chi connectivity index (χ0) is 8.43. The number of esters is 1. The highest BCUT2D eigenvalue weighted by Gasteiger charge is 2.30. The van der Waals surface area contributed by atoms with Gasteiger partial charge >= 0.3 is 5.97 Å². The Kier molecular flexibility index (Phi) is 2.80. The number of halogens is 1. The molecule has 0 aromatic carbocycles. The first kappa shape index (κ1) is 8.89. The Morgan fingerprint density at radius 3 is 3.00 bits per heavy atom. The largest absolute Gasteiger partial charge is 0.464 e. The van der Waals surface area contributed by atoms with E-state index in [0.29, 0.717) is 5.70 Å². The van der Waals surface area contributed by atoms with Crippen LogP contribution in [0.4, 0.5) is 0 Å². The Balaban J connectivity index is 2.25. The lowest BCUT2D eigenvalue weighted by Crippen LogP contribution is -2.05. The van der Waals surface area contributed by atoms with Crippen LogP contribution in [0.5, 0.6) is 0 Å². The molecule has 4 nitrogen and oxygen atoms in total. The molecule has 0 unspecified atom stereocenters. The van der Waals surface area contributed by atoms with Crippen molar-refractivity contribution in [2.45, 2.75) is 0 Å². The second-order valence-corrected chi connectivity index (χ2v) is 4.47. The van der Waals surface area contributed by atoms with Crippen LogP contribution in [0.25, 0.3) is 0 Å². The molecule has 11 heavy (non-hydrogen) atoms. The second-order valence-electron chi connectivity index (χ2n) is 1.83. The van der Waals surface area contributed by atoms with E-state index in [0.717, 1.165) is 0 Å². The highest BCUT2D eigenvalue weighted by molar-refractivity contribution is 9.08. The molecule has 0 aromatic rings. The lowest BCUT2D eigenvalue weighted by molar-refractivity contribution is -0.136. The molecule has 0 atom stereocenters. The molecule has 0 spiro atoms. The van der Waals surface area contributed by atoms with Crippen LogP contribution in [-0.4, -0.2) is 27.8 Å². The van der Waals surface area contributed by atoms with E-state index in [-0.39, 0.29) is 5.97 Å². The summed E-state index contributed by atoms with van der Waals surface area (Å²) < 4.78 is 7.91. The smallest absolute Gasteiger partial charge is 0.357 e. The highest BCUT2D eigenvalue weighted by Crippen LogP contribution is 2.33. The molecule has 1 heterocycles. The standard InChI is InChI=1S/C5H7BrN2O2S/c1-7(6)11-8-3-4(8)5(9)10-2/h3H,1-2H3. The van der Waals surface area contributed by atoms with Gasteiger partial charge < -0.3 is 4.74 Å². The predicted molar refractivity (Wildman–Crippen MR) is 46.2 cm³/mol. The normalized spacial score (nSPS) is 14.9. The lowest BCUT2D eigenvalue weighted by atomic mass is 10.6. The molecule has 1 aliphatic rings. The van der Waals surface area contributed by atoms with E-state index in [1.165, 1.54) is 19.2 Å². The molecule has 1 rings (SSSR count). The maximum absolute atomic E-state index is 10.8. The molecule has 0 N–H and O–H groups in total. The van der Waals surface area contributed by atoms with Gasteiger partial charge in [-0.1, -0.05) is 0 Å². The van der Waals surface area contributed by atoms with E-state index in [9.17, 15) is 4.79 Å². The van der Waals surface area contributed by atoms with Crippen molar-refractivity contribution in [3.05, 3.63) is 11.9 Å². The minimum absolute atomic E-state index is 0.299. The number of nitrogens with zero attached hydrogens (tertiary/aromatic N) is 2. The predicted octanol–water partition coefficient (Wildman–Crippen LogP) is 1.12. The van der Waals surface area contributed by atoms with Gasteiger partial charge in [-0.2, -0.15) is 3.33 Å². The van der Waals surface area contributed by atoms with Gasteiger partial charge in [0.05, 0.1) is 25.4 Å². The van der Waals surface area contributed by atoms with Gasteiger partial charge in [-0.3, -0.25) is 4.31 Å². The SMILES string of the molecule is COC(=O)C1=CN1SN(C)Br. The molecule has 62 valence electrons. The summed E-state index contributed by atoms with van der Waals surface area (Å²) in [7, 11) is 3.19. The van der Waals surface area contributed by atoms with E-state index in [1.54, 1.807) is 13.8 Å². The van der Waals surface area contributed by atoms with Gasteiger partial charge in [0.2, 0.25) is 0 Å². The van der Waals surface area contributed by atoms with Gasteiger partial charge in [-0.05, 0) is 0 Å². The van der Waals surface area contributed by atoms with Crippen molar-refractivity contribution in [1.29, 1.82) is 0 Å². The lowest BCUT2D eigenvalue weighted by Gasteiger charge is -2.06. The average molecular weight is 239 g/mol. The van der Waals surface area contributed by atoms with Gasteiger partial charge in [0.15, 0.2) is 5.70 Å². The second kappa shape index (κ2) is 3.46. The van der Waals surface area contributed by atoms with Crippen molar-refractivity contribution in [1.82, 2.24) is 7.64 Å². The molecule has 0 fully saturated rings. The fraction of sp³-hybridized carbons (Fsp3) is 0.400. The summed E-state index contributed by atoms with van der Waals surface area (Å²) in [6, 6.07) is 0. The minimum Gasteiger partial charge on any atom is -0.464 e. The number of hydrogen-bond donors (Lipinski definition) is 0. The number of carbonyl (C=O) groups excluding carboxylic acids is 1. The molecule has 0 amide bonds. The molecule has 0 saturated heterocycles. The first-order valence-corrected chi connectivity index (χ1v) is 4.26. The Morgan fingerprint density at radius 2 is 2.55 bits per heavy atom. The van der Waals surface area contributed by atoms with Crippen LogP contribution in [0, 0.1) is 0 Å². The van der Waals surface area contributed by atoms with Crippen molar-refractivity contribution in [3.8, 4) is 0 Å². The zero-order valence-corrected chi connectivity index (χ0v) is 8.48. The highest BCUT2D eigenvalue weighted by atomic mass is 79.9. The Bertz CT molecular complexity index is 207. The number of methoxy groups -OCH3 is 1. The molecule has 0 saturated carbocycles.